The summed E-state index contributed by atoms with van der Waals surface area (Å²) in [4.78, 5) is 21.3. The summed E-state index contributed by atoms with van der Waals surface area (Å²) in [5.74, 6) is 0.131. The number of hydrogen-bond acceptors (Lipinski definition) is 3. The third kappa shape index (κ3) is 1.41. The monoisotopic (exact) mass is 248 g/mol. The van der Waals surface area contributed by atoms with Gasteiger partial charge in [-0.3, -0.25) is 4.79 Å². The van der Waals surface area contributed by atoms with E-state index in [2.05, 4.69) is 23.0 Å². The molecule has 0 amide bonds. The predicted molar refractivity (Wildman–Crippen MR) is 75.2 cm³/mol. The first-order chi connectivity index (χ1) is 9.24. The maximum Gasteiger partial charge on any atom is 0.171 e. The molecule has 0 radical (unpaired) electrons. The van der Waals surface area contributed by atoms with Crippen molar-refractivity contribution in [2.75, 3.05) is 0 Å². The fourth-order valence-corrected chi connectivity index (χ4v) is 2.85. The number of benzene rings is 1. The second-order valence-electron chi connectivity index (χ2n) is 5.06. The van der Waals surface area contributed by atoms with Crippen LogP contribution in [0.4, 0.5) is 5.69 Å². The van der Waals surface area contributed by atoms with E-state index >= 15 is 0 Å². The average molecular weight is 248 g/mol. The van der Waals surface area contributed by atoms with Crippen molar-refractivity contribution in [3.05, 3.63) is 52.7 Å². The quantitative estimate of drug-likeness (QED) is 0.696. The third-order valence-corrected chi connectivity index (χ3v) is 3.84. The molecule has 3 aliphatic rings. The van der Waals surface area contributed by atoms with Gasteiger partial charge in [0.25, 0.3) is 0 Å². The molecule has 2 heterocycles. The van der Waals surface area contributed by atoms with Crippen LogP contribution in [-0.4, -0.2) is 17.2 Å². The summed E-state index contributed by atoms with van der Waals surface area (Å²) in [5, 5.41) is 0. The van der Waals surface area contributed by atoms with Gasteiger partial charge in [-0.15, -0.1) is 0 Å². The van der Waals surface area contributed by atoms with Crippen molar-refractivity contribution >= 4 is 22.9 Å². The molecule has 0 atom stereocenters. The summed E-state index contributed by atoms with van der Waals surface area (Å²) >= 11 is 0. The predicted octanol–water partition coefficient (Wildman–Crippen LogP) is 2.86. The first kappa shape index (κ1) is 10.6. The summed E-state index contributed by atoms with van der Waals surface area (Å²) in [7, 11) is 0. The lowest BCUT2D eigenvalue weighted by atomic mass is 9.91. The largest absolute Gasteiger partial charge is 0.294 e. The minimum Gasteiger partial charge on any atom is -0.294 e. The fourth-order valence-electron chi connectivity index (χ4n) is 2.85. The van der Waals surface area contributed by atoms with E-state index in [4.69, 9.17) is 0 Å². The second-order valence-corrected chi connectivity index (χ2v) is 5.06. The number of carbonyl (C=O) groups is 1. The van der Waals surface area contributed by atoms with E-state index < -0.39 is 0 Å². The number of fused-ring (bicyclic) bond motifs is 3. The number of aryl methyl sites for hydroxylation is 1. The van der Waals surface area contributed by atoms with Crippen LogP contribution in [0.15, 0.2) is 51.6 Å². The van der Waals surface area contributed by atoms with Crippen LogP contribution in [-0.2, 0) is 11.2 Å². The van der Waals surface area contributed by atoms with E-state index in [1.807, 2.05) is 24.3 Å². The number of hydrogen-bond donors (Lipinski definition) is 0. The zero-order valence-corrected chi connectivity index (χ0v) is 10.6. The van der Waals surface area contributed by atoms with Crippen LogP contribution < -0.4 is 0 Å². The van der Waals surface area contributed by atoms with Crippen molar-refractivity contribution in [2.24, 2.45) is 9.98 Å². The Balaban J connectivity index is 1.93. The third-order valence-electron chi connectivity index (χ3n) is 3.84. The number of nitrogens with zero attached hydrogens (tertiary/aromatic N) is 2. The van der Waals surface area contributed by atoms with Gasteiger partial charge in [0, 0.05) is 12.8 Å². The topological polar surface area (TPSA) is 41.8 Å². The molecule has 0 fully saturated rings. The summed E-state index contributed by atoms with van der Waals surface area (Å²) in [5.41, 5.74) is 6.66. The lowest BCUT2D eigenvalue weighted by molar-refractivity contribution is -0.114. The summed E-state index contributed by atoms with van der Waals surface area (Å²) in [6.45, 7) is 2.09. The van der Waals surface area contributed by atoms with Gasteiger partial charge in [0.15, 0.2) is 5.78 Å². The highest BCUT2D eigenvalue weighted by Gasteiger charge is 2.33. The SMILES string of the molecule is Cc1cccc2c1CC1=NC3=C(C(=O)CC=C3)C1=N2. The zero-order valence-electron chi connectivity index (χ0n) is 10.6. The van der Waals surface area contributed by atoms with E-state index in [1.54, 1.807) is 0 Å². The molecule has 0 saturated carbocycles. The van der Waals surface area contributed by atoms with Gasteiger partial charge < -0.3 is 0 Å². The Morgan fingerprint density at radius 2 is 2.11 bits per heavy atom. The van der Waals surface area contributed by atoms with Crippen molar-refractivity contribution in [1.82, 2.24) is 0 Å². The number of carbonyl (C=O) groups excluding carboxylic acids is 1. The normalized spacial score (nSPS) is 19.7. The van der Waals surface area contributed by atoms with Gasteiger partial charge in [-0.25, -0.2) is 9.98 Å². The minimum atomic E-state index is 0.131. The molecule has 0 spiro atoms. The number of allylic oxidation sites excluding steroid dienone is 3. The summed E-state index contributed by atoms with van der Waals surface area (Å²) < 4.78 is 0. The second kappa shape index (κ2) is 3.60. The summed E-state index contributed by atoms with van der Waals surface area (Å²) in [6, 6.07) is 6.11. The molecule has 3 nitrogen and oxygen atoms in total. The summed E-state index contributed by atoms with van der Waals surface area (Å²) in [6.07, 6.45) is 5.04. The van der Waals surface area contributed by atoms with Gasteiger partial charge in [-0.05, 0) is 30.2 Å². The molecule has 0 bridgehead atoms. The highest BCUT2D eigenvalue weighted by Crippen LogP contribution is 2.34. The van der Waals surface area contributed by atoms with Crippen molar-refractivity contribution in [3.8, 4) is 0 Å². The van der Waals surface area contributed by atoms with Crippen LogP contribution in [0, 0.1) is 6.92 Å². The fraction of sp³-hybridized carbons (Fsp3) is 0.188. The molecule has 19 heavy (non-hydrogen) atoms. The van der Waals surface area contributed by atoms with Crippen LogP contribution in [0.1, 0.15) is 17.5 Å². The van der Waals surface area contributed by atoms with E-state index in [0.29, 0.717) is 12.0 Å². The van der Waals surface area contributed by atoms with Gasteiger partial charge in [-0.2, -0.15) is 0 Å². The van der Waals surface area contributed by atoms with Crippen LogP contribution in [0.25, 0.3) is 0 Å². The number of aliphatic imine (C=N–C) groups is 2. The van der Waals surface area contributed by atoms with Gasteiger partial charge in [0.05, 0.1) is 28.4 Å². The maximum absolute atomic E-state index is 12.0. The Morgan fingerprint density at radius 1 is 1.21 bits per heavy atom. The molecule has 1 aromatic rings. The molecule has 1 aliphatic carbocycles. The van der Waals surface area contributed by atoms with E-state index in [0.717, 1.165) is 29.2 Å². The minimum absolute atomic E-state index is 0.131. The van der Waals surface area contributed by atoms with Crippen LogP contribution in [0.5, 0.6) is 0 Å². The molecule has 4 rings (SSSR count). The zero-order chi connectivity index (χ0) is 13.0. The van der Waals surface area contributed by atoms with E-state index in [9.17, 15) is 4.79 Å². The van der Waals surface area contributed by atoms with Crippen LogP contribution in [0.3, 0.4) is 0 Å². The van der Waals surface area contributed by atoms with Crippen molar-refractivity contribution in [1.29, 1.82) is 0 Å². The first-order valence-electron chi connectivity index (χ1n) is 6.43. The molecular formula is C16H12N2O. The van der Waals surface area contributed by atoms with Gasteiger partial charge in [0.2, 0.25) is 0 Å². The van der Waals surface area contributed by atoms with Gasteiger partial charge in [0.1, 0.15) is 0 Å². The van der Waals surface area contributed by atoms with Crippen molar-refractivity contribution in [2.45, 2.75) is 19.8 Å². The Labute approximate surface area is 111 Å². The Kier molecular flexibility index (Phi) is 2.01. The first-order valence-corrected chi connectivity index (χ1v) is 6.43. The molecule has 2 aliphatic heterocycles. The van der Waals surface area contributed by atoms with Crippen LogP contribution in [0.2, 0.25) is 0 Å². The standard InChI is InChI=1S/C16H12N2O/c1-9-4-2-5-11-10(9)8-13-16(18-11)15-12(17-13)6-3-7-14(15)19/h2-6H,7-8H2,1H3. The van der Waals surface area contributed by atoms with Gasteiger partial charge in [-0.1, -0.05) is 18.2 Å². The molecule has 0 aromatic heterocycles. The lowest BCUT2D eigenvalue weighted by Crippen LogP contribution is -2.23. The Morgan fingerprint density at radius 3 is 3.00 bits per heavy atom. The maximum atomic E-state index is 12.0. The Bertz CT molecular complexity index is 748. The van der Waals surface area contributed by atoms with E-state index in [-0.39, 0.29) is 5.78 Å². The molecule has 0 N–H and O–H groups in total. The highest BCUT2D eigenvalue weighted by molar-refractivity contribution is 6.57. The molecular weight excluding hydrogens is 236 g/mol. The molecule has 0 saturated heterocycles. The number of rotatable bonds is 0. The smallest absolute Gasteiger partial charge is 0.171 e. The van der Waals surface area contributed by atoms with Gasteiger partial charge >= 0.3 is 0 Å². The van der Waals surface area contributed by atoms with Crippen molar-refractivity contribution in [3.63, 3.8) is 0 Å². The molecule has 92 valence electrons. The molecule has 1 aromatic carbocycles. The lowest BCUT2D eigenvalue weighted by Gasteiger charge is -2.17. The number of ketones is 1. The Hall–Kier alpha value is -2.29. The molecule has 0 unspecified atom stereocenters. The molecule has 3 heteroatoms. The highest BCUT2D eigenvalue weighted by atomic mass is 16.1. The average Bonchev–Trinajstić information content (AvgIpc) is 2.76. The van der Waals surface area contributed by atoms with Crippen molar-refractivity contribution < 1.29 is 4.79 Å². The van der Waals surface area contributed by atoms with Crippen LogP contribution >= 0.6 is 0 Å². The van der Waals surface area contributed by atoms with E-state index in [1.165, 1.54) is 11.1 Å². The number of Topliss-reactive ketones (excluding diaryl/α,β-unsaturated/α-hetero) is 1.